The Bertz CT molecular complexity index is 394. The Morgan fingerprint density at radius 3 is 2.88 bits per heavy atom. The van der Waals surface area contributed by atoms with Gasteiger partial charge in [-0.2, -0.15) is 0 Å². The molecule has 1 amide bonds. The number of carbonyl (C=O) groups excluding carboxylic acids is 1. The second-order valence-electron chi connectivity index (χ2n) is 3.48. The first-order valence-electron chi connectivity index (χ1n) is 4.89. The molecule has 0 fully saturated rings. The molecule has 1 aromatic rings. The lowest BCUT2D eigenvalue weighted by molar-refractivity contribution is -0.117. The first-order valence-corrected chi connectivity index (χ1v) is 5.68. The zero-order valence-corrected chi connectivity index (χ0v) is 10.9. The molecule has 0 saturated carbocycles. The van der Waals surface area contributed by atoms with Gasteiger partial charge in [0.05, 0.1) is 18.7 Å². The molecule has 0 spiro atoms. The Morgan fingerprint density at radius 2 is 2.25 bits per heavy atom. The van der Waals surface area contributed by atoms with Gasteiger partial charge in [0, 0.05) is 17.3 Å². The zero-order chi connectivity index (χ0) is 12.1. The molecule has 1 aromatic carbocycles. The Labute approximate surface area is 103 Å². The number of halogens is 1. The lowest BCUT2D eigenvalue weighted by Crippen LogP contribution is -2.14. The van der Waals surface area contributed by atoms with Crippen LogP contribution in [0.2, 0.25) is 0 Å². The van der Waals surface area contributed by atoms with Gasteiger partial charge in [0.1, 0.15) is 0 Å². The maximum atomic E-state index is 11.5. The minimum atomic E-state index is -0.0918. The van der Waals surface area contributed by atoms with Crippen LogP contribution in [0.1, 0.15) is 12.0 Å². The van der Waals surface area contributed by atoms with Crippen LogP contribution in [0.25, 0.3) is 0 Å². The van der Waals surface area contributed by atoms with Crippen LogP contribution in [0.5, 0.6) is 0 Å². The van der Waals surface area contributed by atoms with Gasteiger partial charge in [-0.05, 0) is 40.5 Å². The van der Waals surface area contributed by atoms with Gasteiger partial charge in [0.15, 0.2) is 0 Å². The number of aryl methyl sites for hydroxylation is 1. The molecule has 0 unspecified atom stereocenters. The number of rotatable bonds is 4. The molecule has 4 nitrogen and oxygen atoms in total. The van der Waals surface area contributed by atoms with Crippen molar-refractivity contribution in [1.82, 2.24) is 0 Å². The van der Waals surface area contributed by atoms with Crippen molar-refractivity contribution in [2.24, 2.45) is 0 Å². The largest absolute Gasteiger partial charge is 0.398 e. The molecule has 16 heavy (non-hydrogen) atoms. The van der Waals surface area contributed by atoms with Gasteiger partial charge in [0.2, 0.25) is 5.91 Å². The van der Waals surface area contributed by atoms with Crippen LogP contribution in [-0.4, -0.2) is 19.6 Å². The van der Waals surface area contributed by atoms with Crippen molar-refractivity contribution >= 4 is 33.2 Å². The van der Waals surface area contributed by atoms with Gasteiger partial charge in [-0.1, -0.05) is 0 Å². The van der Waals surface area contributed by atoms with Gasteiger partial charge in [-0.3, -0.25) is 4.79 Å². The summed E-state index contributed by atoms with van der Waals surface area (Å²) in [6.45, 7) is 2.32. The van der Waals surface area contributed by atoms with Crippen molar-refractivity contribution in [3.8, 4) is 0 Å². The van der Waals surface area contributed by atoms with Crippen LogP contribution in [0.4, 0.5) is 11.4 Å². The molecule has 0 aromatic heterocycles. The monoisotopic (exact) mass is 286 g/mol. The van der Waals surface area contributed by atoms with Crippen molar-refractivity contribution in [2.45, 2.75) is 13.3 Å². The number of amides is 1. The molecule has 0 aliphatic heterocycles. The Kier molecular flexibility index (Phi) is 4.76. The predicted octanol–water partition coefficient (Wildman–Crippen LogP) is 2.31. The summed E-state index contributed by atoms with van der Waals surface area (Å²) in [6.07, 6.45) is 0.330. The maximum absolute atomic E-state index is 11.5. The number of carbonyl (C=O) groups is 1. The number of nitrogens with one attached hydrogen (secondary N) is 1. The van der Waals surface area contributed by atoms with Crippen molar-refractivity contribution in [2.75, 3.05) is 24.8 Å². The summed E-state index contributed by atoms with van der Waals surface area (Å²) in [6, 6.07) is 3.62. The third-order valence-electron chi connectivity index (χ3n) is 2.16. The van der Waals surface area contributed by atoms with E-state index >= 15 is 0 Å². The summed E-state index contributed by atoms with van der Waals surface area (Å²) < 4.78 is 5.65. The van der Waals surface area contributed by atoms with E-state index in [1.165, 1.54) is 0 Å². The Morgan fingerprint density at radius 1 is 1.56 bits per heavy atom. The summed E-state index contributed by atoms with van der Waals surface area (Å²) in [4.78, 5) is 11.5. The average Bonchev–Trinajstić information content (AvgIpc) is 2.23. The quantitative estimate of drug-likeness (QED) is 0.835. The van der Waals surface area contributed by atoms with Crippen molar-refractivity contribution in [3.05, 3.63) is 22.2 Å². The number of methoxy groups -OCH3 is 1. The van der Waals surface area contributed by atoms with Crippen LogP contribution < -0.4 is 11.1 Å². The molecule has 1 rings (SSSR count). The van der Waals surface area contributed by atoms with E-state index in [1.807, 2.05) is 13.0 Å². The fourth-order valence-corrected chi connectivity index (χ4v) is 1.75. The van der Waals surface area contributed by atoms with Crippen LogP contribution in [0.3, 0.4) is 0 Å². The molecule has 0 aliphatic carbocycles. The van der Waals surface area contributed by atoms with Gasteiger partial charge >= 0.3 is 0 Å². The topological polar surface area (TPSA) is 64.3 Å². The Hall–Kier alpha value is -1.07. The van der Waals surface area contributed by atoms with E-state index in [0.29, 0.717) is 24.4 Å². The third-order valence-corrected chi connectivity index (χ3v) is 2.82. The van der Waals surface area contributed by atoms with E-state index in [0.717, 1.165) is 10.0 Å². The number of hydrogen-bond acceptors (Lipinski definition) is 3. The maximum Gasteiger partial charge on any atom is 0.226 e. The lowest BCUT2D eigenvalue weighted by atomic mass is 10.2. The standard InChI is InChI=1S/C11H15BrN2O2/c1-7-5-8(12)10(6-9(7)13)14-11(15)3-4-16-2/h5-6H,3-4,13H2,1-2H3,(H,14,15). The van der Waals surface area contributed by atoms with Crippen molar-refractivity contribution < 1.29 is 9.53 Å². The summed E-state index contributed by atoms with van der Waals surface area (Å²) in [5.74, 6) is -0.0918. The number of nitrogens with two attached hydrogens (primary N) is 1. The van der Waals surface area contributed by atoms with Crippen LogP contribution in [0.15, 0.2) is 16.6 Å². The van der Waals surface area contributed by atoms with E-state index in [2.05, 4.69) is 21.2 Å². The van der Waals surface area contributed by atoms with Crippen LogP contribution in [-0.2, 0) is 9.53 Å². The number of benzene rings is 1. The van der Waals surface area contributed by atoms with Crippen LogP contribution >= 0.6 is 15.9 Å². The summed E-state index contributed by atoms with van der Waals surface area (Å²) in [7, 11) is 1.56. The highest BCUT2D eigenvalue weighted by Crippen LogP contribution is 2.27. The number of nitrogen functional groups attached to an aromatic ring is 1. The smallest absolute Gasteiger partial charge is 0.226 e. The van der Waals surface area contributed by atoms with E-state index in [1.54, 1.807) is 13.2 Å². The first-order chi connectivity index (χ1) is 7.54. The molecule has 88 valence electrons. The number of ether oxygens (including phenoxy) is 1. The lowest BCUT2D eigenvalue weighted by Gasteiger charge is -2.10. The molecule has 0 radical (unpaired) electrons. The predicted molar refractivity (Wildman–Crippen MR) is 68.4 cm³/mol. The molecule has 0 aliphatic rings. The number of hydrogen-bond donors (Lipinski definition) is 2. The minimum absolute atomic E-state index is 0.0918. The summed E-state index contributed by atoms with van der Waals surface area (Å²) in [5, 5.41) is 2.77. The van der Waals surface area contributed by atoms with E-state index in [4.69, 9.17) is 10.5 Å². The normalized spacial score (nSPS) is 10.2. The molecule has 3 N–H and O–H groups in total. The van der Waals surface area contributed by atoms with Gasteiger partial charge in [-0.25, -0.2) is 0 Å². The van der Waals surface area contributed by atoms with Gasteiger partial charge < -0.3 is 15.8 Å². The van der Waals surface area contributed by atoms with Gasteiger partial charge in [-0.15, -0.1) is 0 Å². The SMILES string of the molecule is COCCC(=O)Nc1cc(N)c(C)cc1Br. The summed E-state index contributed by atoms with van der Waals surface area (Å²) in [5.41, 5.74) is 8.08. The molecule has 5 heteroatoms. The highest BCUT2D eigenvalue weighted by atomic mass is 79.9. The van der Waals surface area contributed by atoms with E-state index < -0.39 is 0 Å². The molecule has 0 heterocycles. The van der Waals surface area contributed by atoms with Crippen LogP contribution in [0, 0.1) is 6.92 Å². The molecule has 0 saturated heterocycles. The summed E-state index contributed by atoms with van der Waals surface area (Å²) >= 11 is 3.38. The third kappa shape index (κ3) is 3.50. The first kappa shape index (κ1) is 13.0. The highest BCUT2D eigenvalue weighted by molar-refractivity contribution is 9.10. The van der Waals surface area contributed by atoms with Gasteiger partial charge in [0.25, 0.3) is 0 Å². The Balaban J connectivity index is 2.73. The molecular weight excluding hydrogens is 272 g/mol. The van der Waals surface area contributed by atoms with E-state index in [-0.39, 0.29) is 5.91 Å². The molecule has 0 atom stereocenters. The zero-order valence-electron chi connectivity index (χ0n) is 9.34. The fourth-order valence-electron chi connectivity index (χ4n) is 1.19. The second-order valence-corrected chi connectivity index (χ2v) is 4.33. The van der Waals surface area contributed by atoms with Crippen molar-refractivity contribution in [3.63, 3.8) is 0 Å². The number of anilines is 2. The fraction of sp³-hybridized carbons (Fsp3) is 0.364. The average molecular weight is 287 g/mol. The minimum Gasteiger partial charge on any atom is -0.398 e. The van der Waals surface area contributed by atoms with Crippen molar-refractivity contribution in [1.29, 1.82) is 0 Å². The van der Waals surface area contributed by atoms with E-state index in [9.17, 15) is 4.79 Å². The second kappa shape index (κ2) is 5.86. The molecular formula is C11H15BrN2O2. The molecule has 0 bridgehead atoms. The highest BCUT2D eigenvalue weighted by Gasteiger charge is 2.07.